The van der Waals surface area contributed by atoms with Crippen molar-refractivity contribution < 1.29 is 19.0 Å². The van der Waals surface area contributed by atoms with Crippen LogP contribution in [0.15, 0.2) is 60.7 Å². The average molecular weight is 533 g/mol. The minimum atomic E-state index is -0.815. The molecule has 1 atom stereocenters. The second kappa shape index (κ2) is 13.5. The van der Waals surface area contributed by atoms with Gasteiger partial charge in [0.25, 0.3) is 0 Å². The van der Waals surface area contributed by atoms with Gasteiger partial charge in [-0.3, -0.25) is 4.79 Å². The molecule has 3 aromatic carbocycles. The van der Waals surface area contributed by atoms with Crippen molar-refractivity contribution >= 4 is 34.9 Å². The first kappa shape index (κ1) is 27.8. The van der Waals surface area contributed by atoms with E-state index in [0.29, 0.717) is 52.5 Å². The quantitative estimate of drug-likeness (QED) is 0.202. The van der Waals surface area contributed by atoms with E-state index in [1.54, 1.807) is 30.3 Å². The van der Waals surface area contributed by atoms with Crippen molar-refractivity contribution in [3.63, 3.8) is 0 Å². The average Bonchev–Trinajstić information content (AvgIpc) is 2.81. The Hall–Kier alpha value is -2.80. The summed E-state index contributed by atoms with van der Waals surface area (Å²) in [6, 6.07) is 17.7. The smallest absolute Gasteiger partial charge is 0.304 e. The van der Waals surface area contributed by atoms with E-state index in [1.807, 2.05) is 24.3 Å². The molecule has 0 saturated carbocycles. The molecule has 0 heterocycles. The zero-order chi connectivity index (χ0) is 26.1. The van der Waals surface area contributed by atoms with E-state index < -0.39 is 11.8 Å². The number of anilines is 1. The Labute approximate surface area is 221 Å². The maximum absolute atomic E-state index is 14.9. The summed E-state index contributed by atoms with van der Waals surface area (Å²) < 4.78 is 20.8. The van der Waals surface area contributed by atoms with Gasteiger partial charge < -0.3 is 20.5 Å². The van der Waals surface area contributed by atoms with E-state index >= 15 is 0 Å². The van der Waals surface area contributed by atoms with Gasteiger partial charge in [-0.1, -0.05) is 55.2 Å². The fourth-order valence-electron chi connectivity index (χ4n) is 3.83. The van der Waals surface area contributed by atoms with Crippen molar-refractivity contribution in [3.8, 4) is 16.9 Å². The predicted octanol–water partition coefficient (Wildman–Crippen LogP) is 7.27. The fraction of sp³-hybridized carbons (Fsp3) is 0.321. The highest BCUT2D eigenvalue weighted by Crippen LogP contribution is 2.33. The van der Waals surface area contributed by atoms with Crippen molar-refractivity contribution in [3.05, 3.63) is 82.1 Å². The highest BCUT2D eigenvalue weighted by atomic mass is 35.5. The Morgan fingerprint density at radius 1 is 1.03 bits per heavy atom. The third kappa shape index (κ3) is 8.70. The molecule has 0 aliphatic carbocycles. The van der Waals surface area contributed by atoms with Gasteiger partial charge in [0.2, 0.25) is 0 Å². The number of ether oxygens (including phenoxy) is 1. The van der Waals surface area contributed by atoms with E-state index in [0.717, 1.165) is 17.7 Å². The zero-order valence-electron chi connectivity index (χ0n) is 20.4. The molecule has 192 valence electrons. The Morgan fingerprint density at radius 2 is 1.75 bits per heavy atom. The number of halogens is 3. The molecule has 3 rings (SSSR count). The minimum Gasteiger partial charge on any atom is -0.491 e. The molecule has 0 unspecified atom stereocenters. The first-order valence-electron chi connectivity index (χ1n) is 11.9. The molecule has 0 aliphatic heterocycles. The normalized spacial score (nSPS) is 11.9. The Kier molecular flexibility index (Phi) is 10.4. The zero-order valence-corrected chi connectivity index (χ0v) is 21.9. The van der Waals surface area contributed by atoms with Crippen LogP contribution in [0.3, 0.4) is 0 Å². The van der Waals surface area contributed by atoms with Gasteiger partial charge in [0.05, 0.1) is 12.5 Å². The van der Waals surface area contributed by atoms with Crippen molar-refractivity contribution in [2.24, 2.45) is 5.92 Å². The summed E-state index contributed by atoms with van der Waals surface area (Å²) in [6.45, 7) is 5.69. The van der Waals surface area contributed by atoms with Crippen molar-refractivity contribution in [2.45, 2.75) is 39.3 Å². The van der Waals surface area contributed by atoms with Crippen molar-refractivity contribution in [2.75, 3.05) is 18.5 Å². The summed E-state index contributed by atoms with van der Waals surface area (Å²) in [7, 11) is 0. The van der Waals surface area contributed by atoms with E-state index in [1.165, 1.54) is 6.07 Å². The van der Waals surface area contributed by atoms with Crippen LogP contribution in [-0.4, -0.2) is 30.3 Å². The predicted molar refractivity (Wildman–Crippen MR) is 145 cm³/mol. The first-order valence-corrected chi connectivity index (χ1v) is 12.6. The number of carboxylic acid groups (broad SMARTS) is 1. The van der Waals surface area contributed by atoms with E-state index in [9.17, 15) is 9.18 Å². The van der Waals surface area contributed by atoms with E-state index in [4.69, 9.17) is 33.0 Å². The van der Waals surface area contributed by atoms with Gasteiger partial charge in [0, 0.05) is 46.0 Å². The van der Waals surface area contributed by atoms with Crippen LogP contribution in [0.5, 0.6) is 5.75 Å². The van der Waals surface area contributed by atoms with Gasteiger partial charge in [-0.15, -0.1) is 0 Å². The SMILES string of the molecule is CC(C)C[C@@H](COc1ccc(-c2ccc(Cl)cc2Cl)c(F)c1)Nc1ccc(CNCCC(=O)O)cc1. The number of benzene rings is 3. The summed E-state index contributed by atoms with van der Waals surface area (Å²) in [5.74, 6) is -0.350. The summed E-state index contributed by atoms with van der Waals surface area (Å²) in [6.07, 6.45) is 0.970. The molecule has 0 amide bonds. The maximum atomic E-state index is 14.9. The largest absolute Gasteiger partial charge is 0.491 e. The van der Waals surface area contributed by atoms with Crippen LogP contribution < -0.4 is 15.4 Å². The lowest BCUT2D eigenvalue weighted by atomic mass is 10.0. The standard InChI is InChI=1S/C28H31Cl2FN2O3/c1-18(2)13-22(33-21-6-3-19(4-7-21)16-32-12-11-28(34)35)17-36-23-8-10-25(27(31)15-23)24-9-5-20(29)14-26(24)30/h3-10,14-15,18,22,32-33H,11-13,16-17H2,1-2H3,(H,34,35)/t22-/m0/s1. The van der Waals surface area contributed by atoms with Crippen LogP contribution >= 0.6 is 23.2 Å². The van der Waals surface area contributed by atoms with Crippen LogP contribution in [0.1, 0.15) is 32.3 Å². The molecule has 0 spiro atoms. The maximum Gasteiger partial charge on any atom is 0.304 e. The van der Waals surface area contributed by atoms with Gasteiger partial charge in [-0.05, 0) is 54.3 Å². The van der Waals surface area contributed by atoms with Gasteiger partial charge in [0.1, 0.15) is 18.2 Å². The van der Waals surface area contributed by atoms with Crippen LogP contribution in [0, 0.1) is 11.7 Å². The molecule has 0 saturated heterocycles. The second-order valence-corrected chi connectivity index (χ2v) is 9.91. The van der Waals surface area contributed by atoms with Gasteiger partial charge in [0.15, 0.2) is 0 Å². The van der Waals surface area contributed by atoms with Gasteiger partial charge >= 0.3 is 5.97 Å². The topological polar surface area (TPSA) is 70.6 Å². The molecule has 5 nitrogen and oxygen atoms in total. The molecule has 0 aromatic heterocycles. The number of hydrogen-bond acceptors (Lipinski definition) is 4. The Morgan fingerprint density at radius 3 is 2.39 bits per heavy atom. The molecule has 0 aliphatic rings. The Balaban J connectivity index is 1.60. The number of carbonyl (C=O) groups is 1. The number of rotatable bonds is 13. The molecular formula is C28H31Cl2FN2O3. The minimum absolute atomic E-state index is 0.0259. The fourth-order valence-corrected chi connectivity index (χ4v) is 4.34. The number of hydrogen-bond donors (Lipinski definition) is 3. The van der Waals surface area contributed by atoms with Crippen molar-refractivity contribution in [1.82, 2.24) is 5.32 Å². The van der Waals surface area contributed by atoms with Crippen LogP contribution in [0.2, 0.25) is 10.0 Å². The lowest BCUT2D eigenvalue weighted by Gasteiger charge is -2.22. The molecule has 3 aromatic rings. The van der Waals surface area contributed by atoms with E-state index in [-0.39, 0.29) is 12.5 Å². The van der Waals surface area contributed by atoms with Crippen molar-refractivity contribution in [1.29, 1.82) is 0 Å². The van der Waals surface area contributed by atoms with Gasteiger partial charge in [-0.25, -0.2) is 4.39 Å². The van der Waals surface area contributed by atoms with Crippen LogP contribution in [0.25, 0.3) is 11.1 Å². The van der Waals surface area contributed by atoms with E-state index in [2.05, 4.69) is 24.5 Å². The number of carboxylic acids is 1. The highest BCUT2D eigenvalue weighted by Gasteiger charge is 2.15. The van der Waals surface area contributed by atoms with Crippen LogP contribution in [-0.2, 0) is 11.3 Å². The summed E-state index contributed by atoms with van der Waals surface area (Å²) in [5.41, 5.74) is 2.99. The molecule has 8 heteroatoms. The molecule has 0 radical (unpaired) electrons. The molecular weight excluding hydrogens is 502 g/mol. The van der Waals surface area contributed by atoms with Gasteiger partial charge in [-0.2, -0.15) is 0 Å². The molecule has 3 N–H and O–H groups in total. The highest BCUT2D eigenvalue weighted by molar-refractivity contribution is 6.36. The summed E-state index contributed by atoms with van der Waals surface area (Å²) in [5, 5.41) is 16.2. The third-order valence-electron chi connectivity index (χ3n) is 5.54. The molecule has 0 bridgehead atoms. The monoisotopic (exact) mass is 532 g/mol. The lowest BCUT2D eigenvalue weighted by Crippen LogP contribution is -2.28. The summed E-state index contributed by atoms with van der Waals surface area (Å²) in [4.78, 5) is 10.6. The second-order valence-electron chi connectivity index (χ2n) is 9.07. The van der Waals surface area contributed by atoms with Crippen LogP contribution in [0.4, 0.5) is 10.1 Å². The number of aliphatic carboxylic acids is 1. The lowest BCUT2D eigenvalue weighted by molar-refractivity contribution is -0.136. The summed E-state index contributed by atoms with van der Waals surface area (Å²) >= 11 is 12.2. The Bertz CT molecular complexity index is 1160. The number of nitrogens with one attached hydrogen (secondary N) is 2. The third-order valence-corrected chi connectivity index (χ3v) is 6.09. The first-order chi connectivity index (χ1) is 17.2. The molecule has 0 fully saturated rings. The molecule has 36 heavy (non-hydrogen) atoms.